The Hall–Kier alpha value is 0.238. The molecule has 0 amide bonds. The highest BCUT2D eigenvalue weighted by molar-refractivity contribution is 6.97. The average molecular weight is 621 g/mol. The Morgan fingerprint density at radius 1 is 0.500 bits per heavy atom. The van der Waals surface area contributed by atoms with Gasteiger partial charge in [0.1, 0.15) is 0 Å². The van der Waals surface area contributed by atoms with Gasteiger partial charge in [-0.15, -0.1) is 0 Å². The summed E-state index contributed by atoms with van der Waals surface area (Å²) in [4.78, 5) is 0. The van der Waals surface area contributed by atoms with Crippen LogP contribution in [0.3, 0.4) is 0 Å². The average Bonchev–Trinajstić information content (AvgIpc) is 2.53. The molecule has 36 heavy (non-hydrogen) atoms. The zero-order valence-electron chi connectivity index (χ0n) is 25.5. The molecule has 0 atom stereocenters. The van der Waals surface area contributed by atoms with Crippen LogP contribution < -0.4 is 5.19 Å². The van der Waals surface area contributed by atoms with Crippen LogP contribution in [0.2, 0.25) is 98.2 Å². The maximum atomic E-state index is 7.33. The first-order chi connectivity index (χ1) is 15.8. The molecule has 0 fully saturated rings. The Bertz CT molecular complexity index is 820. The molecule has 1 aromatic carbocycles. The van der Waals surface area contributed by atoms with Gasteiger partial charge in [-0.3, -0.25) is 0 Å². The highest BCUT2D eigenvalue weighted by atomic mass is 28.6. The fourth-order valence-corrected chi connectivity index (χ4v) is 27.2. The maximum absolute atomic E-state index is 7.33. The normalized spacial score (nSPS) is 14.8. The number of rotatable bonds is 14. The van der Waals surface area contributed by atoms with Crippen molar-refractivity contribution in [2.24, 2.45) is 0 Å². The number of benzene rings is 1. The van der Waals surface area contributed by atoms with E-state index in [-0.39, 0.29) is 0 Å². The monoisotopic (exact) mass is 620 g/mol. The molecule has 0 N–H and O–H groups in total. The van der Waals surface area contributed by atoms with Gasteiger partial charge >= 0.3 is 17.9 Å². The predicted molar refractivity (Wildman–Crippen MR) is 171 cm³/mol. The van der Waals surface area contributed by atoms with Crippen LogP contribution in [0.4, 0.5) is 0 Å². The first kappa shape index (κ1) is 34.3. The SMILES string of the molecule is C=Cc1ccccc1[Si](O[Si](C)(C)C)(O[Si](C)(C)C)O[Si](O[Si](C)(C)C)(O[Si](C)(C)C)O[Si](C)(C)C. The van der Waals surface area contributed by atoms with E-state index < -0.39 is 59.4 Å². The topological polar surface area (TPSA) is 55.4 Å². The van der Waals surface area contributed by atoms with Crippen LogP contribution in [-0.2, 0) is 24.7 Å². The summed E-state index contributed by atoms with van der Waals surface area (Å²) in [6.07, 6.45) is 1.85. The predicted octanol–water partition coefficient (Wildman–Crippen LogP) is 7.19. The van der Waals surface area contributed by atoms with Crippen molar-refractivity contribution in [2.45, 2.75) is 98.2 Å². The second-order valence-corrected chi connectivity index (χ2v) is 42.7. The zero-order valence-corrected chi connectivity index (χ0v) is 32.5. The molecule has 0 radical (unpaired) electrons. The highest BCUT2D eigenvalue weighted by Gasteiger charge is 2.63. The number of hydrogen-bond acceptors (Lipinski definition) is 6. The van der Waals surface area contributed by atoms with E-state index in [0.29, 0.717) is 0 Å². The fraction of sp³-hybridized carbons (Fsp3) is 0.652. The molecule has 0 heterocycles. The lowest BCUT2D eigenvalue weighted by Crippen LogP contribution is -2.74. The molecule has 6 nitrogen and oxygen atoms in total. The van der Waals surface area contributed by atoms with Crippen molar-refractivity contribution in [3.8, 4) is 0 Å². The lowest BCUT2D eigenvalue weighted by Gasteiger charge is -2.47. The van der Waals surface area contributed by atoms with Crippen molar-refractivity contribution in [2.75, 3.05) is 0 Å². The molecule has 0 bridgehead atoms. The van der Waals surface area contributed by atoms with Crippen LogP contribution in [0, 0.1) is 0 Å². The summed E-state index contributed by atoms with van der Waals surface area (Å²) in [7, 11) is -18.3. The molecule has 208 valence electrons. The van der Waals surface area contributed by atoms with Crippen LogP contribution in [0.1, 0.15) is 5.56 Å². The van der Waals surface area contributed by atoms with Crippen molar-refractivity contribution in [3.63, 3.8) is 0 Å². The Labute approximate surface area is 229 Å². The van der Waals surface area contributed by atoms with Gasteiger partial charge in [-0.1, -0.05) is 36.9 Å². The van der Waals surface area contributed by atoms with E-state index in [2.05, 4.69) is 111 Å². The van der Waals surface area contributed by atoms with Crippen LogP contribution >= 0.6 is 0 Å². The van der Waals surface area contributed by atoms with E-state index in [1.807, 2.05) is 24.3 Å². The molecule has 1 aromatic rings. The summed E-state index contributed by atoms with van der Waals surface area (Å²) in [5.74, 6) is 0. The van der Waals surface area contributed by atoms with Gasteiger partial charge < -0.3 is 24.7 Å². The van der Waals surface area contributed by atoms with E-state index in [9.17, 15) is 0 Å². The third kappa shape index (κ3) is 12.4. The van der Waals surface area contributed by atoms with Gasteiger partial charge in [-0.05, 0) is 104 Å². The Morgan fingerprint density at radius 3 is 1.14 bits per heavy atom. The Kier molecular flexibility index (Phi) is 11.2. The van der Waals surface area contributed by atoms with Gasteiger partial charge in [0.25, 0.3) is 0 Å². The van der Waals surface area contributed by atoms with E-state index in [1.54, 1.807) is 0 Å². The lowest BCUT2D eigenvalue weighted by molar-refractivity contribution is 0.114. The molecule has 0 unspecified atom stereocenters. The molecule has 0 aromatic heterocycles. The molecule has 0 aliphatic carbocycles. The van der Waals surface area contributed by atoms with Gasteiger partial charge in [0.05, 0.1) is 0 Å². The minimum absolute atomic E-state index is 0.902. The summed E-state index contributed by atoms with van der Waals surface area (Å²) in [5, 5.41) is 0.902. The maximum Gasteiger partial charge on any atom is 0.640 e. The third-order valence-electron chi connectivity index (χ3n) is 3.94. The van der Waals surface area contributed by atoms with E-state index in [1.165, 1.54) is 0 Å². The summed E-state index contributed by atoms with van der Waals surface area (Å²) < 4.78 is 42.3. The van der Waals surface area contributed by atoms with Crippen LogP contribution in [-0.4, -0.2) is 59.4 Å². The fourth-order valence-electron chi connectivity index (χ4n) is 3.40. The Morgan fingerprint density at radius 2 is 0.833 bits per heavy atom. The molecule has 0 aliphatic rings. The first-order valence-corrected chi connectivity index (χ1v) is 33.1. The molecule has 0 saturated carbocycles. The Balaban J connectivity index is 4.12. The molecule has 13 heteroatoms. The van der Waals surface area contributed by atoms with Gasteiger partial charge in [0, 0.05) is 5.19 Å². The molecule has 0 aliphatic heterocycles. The highest BCUT2D eigenvalue weighted by Crippen LogP contribution is 2.33. The standard InChI is InChI=1S/C23H52O6Si7/c1-17-22-20-18-19-21-23(22)35(24-30(2,3)4,25-31(5,6)7)29-36(26-32(8,9)10,27-33(11,12)13)28-34(14,15)16/h17-21H,1H2,2-16H3. The van der Waals surface area contributed by atoms with Crippen molar-refractivity contribution in [1.29, 1.82) is 0 Å². The largest absolute Gasteiger partial charge is 0.640 e. The van der Waals surface area contributed by atoms with E-state index in [4.69, 9.17) is 24.7 Å². The van der Waals surface area contributed by atoms with Crippen molar-refractivity contribution in [1.82, 2.24) is 0 Å². The first-order valence-electron chi connectivity index (χ1n) is 12.7. The van der Waals surface area contributed by atoms with Crippen molar-refractivity contribution < 1.29 is 24.7 Å². The molecular formula is C23H52O6Si7. The third-order valence-corrected chi connectivity index (χ3v) is 24.5. The lowest BCUT2D eigenvalue weighted by atomic mass is 10.2. The van der Waals surface area contributed by atoms with Crippen molar-refractivity contribution >= 4 is 70.7 Å². The minimum atomic E-state index is -3.75. The summed E-state index contributed by atoms with van der Waals surface area (Å²) in [5.41, 5.74) is 0.942. The molecule has 0 spiro atoms. The van der Waals surface area contributed by atoms with Crippen molar-refractivity contribution in [3.05, 3.63) is 36.4 Å². The van der Waals surface area contributed by atoms with Crippen LogP contribution in [0.15, 0.2) is 30.8 Å². The number of hydrogen-bond donors (Lipinski definition) is 0. The summed E-state index contributed by atoms with van der Waals surface area (Å²) >= 11 is 0. The van der Waals surface area contributed by atoms with Gasteiger partial charge in [0.2, 0.25) is 0 Å². The van der Waals surface area contributed by atoms with E-state index in [0.717, 1.165) is 10.8 Å². The summed E-state index contributed by atoms with van der Waals surface area (Å²) in [6, 6.07) is 8.11. The molecule has 1 rings (SSSR count). The van der Waals surface area contributed by atoms with Crippen LogP contribution in [0.5, 0.6) is 0 Å². The van der Waals surface area contributed by atoms with Gasteiger partial charge in [-0.25, -0.2) is 0 Å². The van der Waals surface area contributed by atoms with Gasteiger partial charge in [-0.2, -0.15) is 0 Å². The molecule has 0 saturated heterocycles. The second kappa shape index (κ2) is 11.8. The van der Waals surface area contributed by atoms with E-state index >= 15 is 0 Å². The smallest absolute Gasteiger partial charge is 0.413 e. The quantitative estimate of drug-likeness (QED) is 0.205. The summed E-state index contributed by atoms with van der Waals surface area (Å²) in [6.45, 7) is 36.5. The van der Waals surface area contributed by atoms with Crippen LogP contribution in [0.25, 0.3) is 6.08 Å². The minimum Gasteiger partial charge on any atom is -0.413 e. The van der Waals surface area contributed by atoms with Gasteiger partial charge in [0.15, 0.2) is 41.6 Å². The second-order valence-electron chi connectivity index (χ2n) is 14.0. The zero-order chi connectivity index (χ0) is 28.4. The molecular weight excluding hydrogens is 569 g/mol.